The van der Waals surface area contributed by atoms with Gasteiger partial charge in [-0.1, -0.05) is 6.07 Å². The number of rotatable bonds is 3. The van der Waals surface area contributed by atoms with E-state index in [2.05, 4.69) is 14.9 Å². The summed E-state index contributed by atoms with van der Waals surface area (Å²) in [6, 6.07) is 5.21. The highest BCUT2D eigenvalue weighted by Gasteiger charge is 2.38. The number of carboxylic acids is 1. The third-order valence-corrected chi connectivity index (χ3v) is 5.12. The van der Waals surface area contributed by atoms with Crippen LogP contribution in [0.2, 0.25) is 0 Å². The van der Waals surface area contributed by atoms with Gasteiger partial charge in [-0.3, -0.25) is 4.79 Å². The van der Waals surface area contributed by atoms with Gasteiger partial charge in [0.05, 0.1) is 16.5 Å². The molecule has 0 radical (unpaired) electrons. The monoisotopic (exact) mass is 506 g/mol. The number of alkyl halides is 6. The molecule has 0 bridgehead atoms. The zero-order valence-corrected chi connectivity index (χ0v) is 18.2. The molecule has 2 N–H and O–H groups in total. The predicted molar refractivity (Wildman–Crippen MR) is 112 cm³/mol. The van der Waals surface area contributed by atoms with Gasteiger partial charge in [-0.15, -0.1) is 0 Å². The molecule has 4 heterocycles. The van der Waals surface area contributed by atoms with Crippen molar-refractivity contribution >= 4 is 34.2 Å². The van der Waals surface area contributed by atoms with Gasteiger partial charge in [0.15, 0.2) is 5.65 Å². The first kappa shape index (κ1) is 26.0. The number of carboxylic acid groups (broad SMARTS) is 1. The molecule has 1 saturated heterocycles. The molecular formula is C20H20F6N6O3. The van der Waals surface area contributed by atoms with Gasteiger partial charge in [-0.2, -0.15) is 26.3 Å². The minimum Gasteiger partial charge on any atom is -0.475 e. The lowest BCUT2D eigenvalue weighted by atomic mass is 10.1. The molecule has 3 aromatic rings. The largest absolute Gasteiger partial charge is 0.490 e. The van der Waals surface area contributed by atoms with E-state index in [0.717, 1.165) is 13.1 Å². The van der Waals surface area contributed by atoms with Crippen LogP contribution in [-0.4, -0.2) is 88.4 Å². The Labute approximate surface area is 193 Å². The topological polar surface area (TPSA) is 103 Å². The number of hydrogen-bond donors (Lipinski definition) is 2. The Hall–Kier alpha value is -3.62. The van der Waals surface area contributed by atoms with Crippen molar-refractivity contribution in [3.05, 3.63) is 36.3 Å². The van der Waals surface area contributed by atoms with Crippen LogP contribution in [0.5, 0.6) is 0 Å². The number of piperazine rings is 1. The number of amides is 1. The molecule has 1 amide bonds. The lowest BCUT2D eigenvalue weighted by Crippen LogP contribution is -2.45. The maximum absolute atomic E-state index is 12.8. The Morgan fingerprint density at radius 1 is 1.06 bits per heavy atom. The second kappa shape index (κ2) is 9.93. The molecule has 0 spiro atoms. The highest BCUT2D eigenvalue weighted by Crippen LogP contribution is 2.32. The molecule has 3 aromatic heterocycles. The first-order valence-corrected chi connectivity index (χ1v) is 10.1. The van der Waals surface area contributed by atoms with Crippen molar-refractivity contribution in [1.29, 1.82) is 0 Å². The number of hydrogen-bond acceptors (Lipinski definition) is 6. The van der Waals surface area contributed by atoms with Crippen LogP contribution in [0.4, 0.5) is 32.2 Å². The molecule has 35 heavy (non-hydrogen) atoms. The number of carbonyl (C=O) groups excluding carboxylic acids is 1. The fraction of sp³-hybridized carbons (Fsp3) is 0.400. The van der Waals surface area contributed by atoms with Crippen LogP contribution in [0.3, 0.4) is 0 Å². The Bertz CT molecular complexity index is 1220. The van der Waals surface area contributed by atoms with Crippen molar-refractivity contribution in [2.45, 2.75) is 12.4 Å². The summed E-state index contributed by atoms with van der Waals surface area (Å²) in [7, 11) is 2.02. The van der Waals surface area contributed by atoms with Gasteiger partial charge >= 0.3 is 18.3 Å². The summed E-state index contributed by atoms with van der Waals surface area (Å²) in [4.78, 5) is 34.6. The second-order valence-electron chi connectivity index (χ2n) is 7.62. The highest BCUT2D eigenvalue weighted by atomic mass is 19.4. The Morgan fingerprint density at radius 3 is 2.26 bits per heavy atom. The summed E-state index contributed by atoms with van der Waals surface area (Å²) in [5, 5.41) is 9.58. The van der Waals surface area contributed by atoms with E-state index in [4.69, 9.17) is 9.90 Å². The van der Waals surface area contributed by atoms with Crippen molar-refractivity contribution in [3.8, 4) is 0 Å². The van der Waals surface area contributed by atoms with E-state index in [9.17, 15) is 31.1 Å². The first-order valence-electron chi connectivity index (χ1n) is 10.1. The average Bonchev–Trinajstić information content (AvgIpc) is 3.12. The van der Waals surface area contributed by atoms with Gasteiger partial charge in [0.2, 0.25) is 0 Å². The minimum atomic E-state index is -5.08. The number of aliphatic carboxylic acids is 1. The number of anilines is 1. The number of aromatic nitrogens is 3. The molecule has 0 unspecified atom stereocenters. The third kappa shape index (κ3) is 6.09. The van der Waals surface area contributed by atoms with Crippen molar-refractivity contribution in [2.75, 3.05) is 44.7 Å². The van der Waals surface area contributed by atoms with Crippen molar-refractivity contribution in [2.24, 2.45) is 0 Å². The molecule has 1 aliphatic rings. The molecule has 1 fully saturated rings. The van der Waals surface area contributed by atoms with E-state index in [1.165, 1.54) is 6.33 Å². The quantitative estimate of drug-likeness (QED) is 0.527. The highest BCUT2D eigenvalue weighted by molar-refractivity contribution is 6.16. The van der Waals surface area contributed by atoms with Crippen LogP contribution in [0.25, 0.3) is 16.6 Å². The Kier molecular flexibility index (Phi) is 7.38. The van der Waals surface area contributed by atoms with Crippen LogP contribution in [0, 0.1) is 0 Å². The van der Waals surface area contributed by atoms with Gasteiger partial charge in [0.25, 0.3) is 5.91 Å². The molecular weight excluding hydrogens is 486 g/mol. The van der Waals surface area contributed by atoms with E-state index < -0.39 is 30.8 Å². The molecule has 9 nitrogen and oxygen atoms in total. The molecule has 0 aliphatic carbocycles. The maximum Gasteiger partial charge on any atom is 0.490 e. The van der Waals surface area contributed by atoms with Gasteiger partial charge < -0.3 is 24.6 Å². The van der Waals surface area contributed by atoms with Crippen molar-refractivity contribution in [1.82, 2.24) is 24.6 Å². The van der Waals surface area contributed by atoms with E-state index in [1.807, 2.05) is 17.3 Å². The smallest absolute Gasteiger partial charge is 0.475 e. The Balaban J connectivity index is 0.000000429. The lowest BCUT2D eigenvalue weighted by molar-refractivity contribution is -0.192. The molecule has 0 saturated carbocycles. The second-order valence-corrected chi connectivity index (χ2v) is 7.62. The number of carbonyl (C=O) groups is 2. The summed E-state index contributed by atoms with van der Waals surface area (Å²) in [5.41, 5.74) is 1.15. The first-order chi connectivity index (χ1) is 16.3. The van der Waals surface area contributed by atoms with Crippen molar-refractivity contribution in [3.63, 3.8) is 0 Å². The fourth-order valence-corrected chi connectivity index (χ4v) is 3.49. The van der Waals surface area contributed by atoms with Gasteiger partial charge in [0, 0.05) is 32.4 Å². The van der Waals surface area contributed by atoms with Gasteiger partial charge in [-0.05, 0) is 19.2 Å². The predicted octanol–water partition coefficient (Wildman–Crippen LogP) is 2.56. The molecule has 15 heteroatoms. The molecule has 4 rings (SSSR count). The fourth-order valence-electron chi connectivity index (χ4n) is 3.49. The minimum absolute atomic E-state index is 0.161. The van der Waals surface area contributed by atoms with Gasteiger partial charge in [-0.25, -0.2) is 14.8 Å². The number of nitrogens with zero attached hydrogens (tertiary/aromatic N) is 5. The molecule has 0 atom stereocenters. The number of likely N-dealkylation sites (N-methyl/N-ethyl adjacent to an activating group) is 1. The van der Waals surface area contributed by atoms with Crippen LogP contribution in [-0.2, 0) is 4.79 Å². The van der Waals surface area contributed by atoms with E-state index in [0.29, 0.717) is 35.5 Å². The number of pyridine rings is 1. The molecule has 0 aromatic carbocycles. The normalized spacial score (nSPS) is 15.1. The van der Waals surface area contributed by atoms with Gasteiger partial charge in [0.1, 0.15) is 18.7 Å². The number of nitrogens with one attached hydrogen (secondary N) is 1. The zero-order chi connectivity index (χ0) is 26.0. The SMILES string of the molecule is CN1CCN(c2ncnc3c2c(C(=O)NCC(F)(F)F)c2ccccn23)CC1.O=C(O)C(F)(F)F. The van der Waals surface area contributed by atoms with Crippen LogP contribution < -0.4 is 10.2 Å². The third-order valence-electron chi connectivity index (χ3n) is 5.12. The van der Waals surface area contributed by atoms with Crippen LogP contribution >= 0.6 is 0 Å². The summed E-state index contributed by atoms with van der Waals surface area (Å²) in [5.74, 6) is -2.98. The average molecular weight is 506 g/mol. The standard InChI is InChI=1S/C18H19F3N6O.C2HF3O2/c1-25-6-8-26(9-7-25)15-14-13(17(28)22-10-18(19,20)21)12-4-2-3-5-27(12)16(14)24-11-23-15;3-2(4,5)1(6)7/h2-5,11H,6-10H2,1H3,(H,22,28);(H,6,7). The lowest BCUT2D eigenvalue weighted by Gasteiger charge is -2.33. The zero-order valence-electron chi connectivity index (χ0n) is 18.2. The summed E-state index contributed by atoms with van der Waals surface area (Å²) >= 11 is 0. The van der Waals surface area contributed by atoms with E-state index in [-0.39, 0.29) is 5.56 Å². The summed E-state index contributed by atoms with van der Waals surface area (Å²) in [6.45, 7) is 1.68. The summed E-state index contributed by atoms with van der Waals surface area (Å²) < 4.78 is 71.3. The van der Waals surface area contributed by atoms with Crippen LogP contribution in [0.1, 0.15) is 10.4 Å². The van der Waals surface area contributed by atoms with Crippen molar-refractivity contribution < 1.29 is 41.0 Å². The molecule has 190 valence electrons. The summed E-state index contributed by atoms with van der Waals surface area (Å²) in [6.07, 6.45) is -6.41. The maximum atomic E-state index is 12.8. The number of fused-ring (bicyclic) bond motifs is 3. The molecule has 1 aliphatic heterocycles. The Morgan fingerprint density at radius 2 is 1.69 bits per heavy atom. The number of halogens is 6. The van der Waals surface area contributed by atoms with E-state index >= 15 is 0 Å². The van der Waals surface area contributed by atoms with Crippen LogP contribution in [0.15, 0.2) is 30.7 Å². The van der Waals surface area contributed by atoms with E-state index in [1.54, 1.807) is 28.8 Å².